The fourth-order valence-corrected chi connectivity index (χ4v) is 3.54. The van der Waals surface area contributed by atoms with E-state index in [0.29, 0.717) is 28.0 Å². The van der Waals surface area contributed by atoms with Crippen LogP contribution in [0.1, 0.15) is 11.3 Å². The molecule has 7 nitrogen and oxygen atoms in total. The van der Waals surface area contributed by atoms with E-state index < -0.39 is 0 Å². The standard InChI is InChI=1S/C22H16N6O/c23-27-21(19-16-9-5-4-6-14(16)10-11-18(19)29)20-17-12-26-28(22(17)25-13-24-20)15-7-2-1-3-8-15/h1-13,29H,23H2/b27-21+. The maximum absolute atomic E-state index is 10.6. The van der Waals surface area contributed by atoms with Crippen molar-refractivity contribution in [3.05, 3.63) is 90.5 Å². The van der Waals surface area contributed by atoms with Crippen LogP contribution in [-0.2, 0) is 0 Å². The van der Waals surface area contributed by atoms with Crippen LogP contribution in [0.25, 0.3) is 27.5 Å². The molecule has 0 unspecified atom stereocenters. The molecule has 0 saturated carbocycles. The Hall–Kier alpha value is -4.26. The zero-order valence-electron chi connectivity index (χ0n) is 15.3. The smallest absolute Gasteiger partial charge is 0.166 e. The highest BCUT2D eigenvalue weighted by Gasteiger charge is 2.21. The van der Waals surface area contributed by atoms with E-state index >= 15 is 0 Å². The number of nitrogens with zero attached hydrogens (tertiary/aromatic N) is 5. The lowest BCUT2D eigenvalue weighted by atomic mass is 9.97. The van der Waals surface area contributed by atoms with Crippen LogP contribution in [0.2, 0.25) is 0 Å². The number of benzene rings is 3. The Bertz CT molecular complexity index is 1370. The lowest BCUT2D eigenvalue weighted by molar-refractivity contribution is 0.475. The second-order valence-corrected chi connectivity index (χ2v) is 6.51. The van der Waals surface area contributed by atoms with Crippen LogP contribution in [0.4, 0.5) is 0 Å². The van der Waals surface area contributed by atoms with Crippen molar-refractivity contribution in [3.63, 3.8) is 0 Å². The lowest BCUT2D eigenvalue weighted by Crippen LogP contribution is -2.11. The fraction of sp³-hybridized carbons (Fsp3) is 0. The molecule has 0 radical (unpaired) electrons. The Morgan fingerprint density at radius 1 is 0.897 bits per heavy atom. The molecule has 0 aliphatic heterocycles. The monoisotopic (exact) mass is 380 g/mol. The number of hydrogen-bond acceptors (Lipinski definition) is 6. The van der Waals surface area contributed by atoms with Crippen LogP contribution in [0.3, 0.4) is 0 Å². The lowest BCUT2D eigenvalue weighted by Gasteiger charge is -2.11. The molecule has 0 fully saturated rings. The van der Waals surface area contributed by atoms with Gasteiger partial charge in [0.05, 0.1) is 22.8 Å². The summed E-state index contributed by atoms with van der Waals surface area (Å²) in [5.74, 6) is 5.87. The summed E-state index contributed by atoms with van der Waals surface area (Å²) in [6.45, 7) is 0. The van der Waals surface area contributed by atoms with Gasteiger partial charge in [-0.05, 0) is 29.0 Å². The van der Waals surface area contributed by atoms with E-state index in [1.165, 1.54) is 6.33 Å². The van der Waals surface area contributed by atoms with Gasteiger partial charge in [0.2, 0.25) is 0 Å². The molecule has 0 aliphatic carbocycles. The third-order valence-electron chi connectivity index (χ3n) is 4.86. The summed E-state index contributed by atoms with van der Waals surface area (Å²) >= 11 is 0. The van der Waals surface area contributed by atoms with Gasteiger partial charge in [-0.1, -0.05) is 48.5 Å². The zero-order valence-corrected chi connectivity index (χ0v) is 15.3. The number of hydrogen-bond donors (Lipinski definition) is 2. The molecule has 2 aromatic heterocycles. The maximum atomic E-state index is 10.6. The normalized spacial score (nSPS) is 11.9. The molecule has 0 aliphatic rings. The number of nitrogens with two attached hydrogens (primary N) is 1. The molecule has 3 N–H and O–H groups in total. The molecule has 5 rings (SSSR count). The van der Waals surface area contributed by atoms with E-state index in [0.717, 1.165) is 16.5 Å². The Morgan fingerprint density at radius 2 is 1.69 bits per heavy atom. The van der Waals surface area contributed by atoms with Gasteiger partial charge in [0.25, 0.3) is 0 Å². The van der Waals surface area contributed by atoms with Crippen molar-refractivity contribution in [2.24, 2.45) is 10.9 Å². The van der Waals surface area contributed by atoms with Gasteiger partial charge in [-0.2, -0.15) is 10.2 Å². The third-order valence-corrected chi connectivity index (χ3v) is 4.86. The van der Waals surface area contributed by atoms with Crippen molar-refractivity contribution >= 4 is 27.5 Å². The van der Waals surface area contributed by atoms with Crippen LogP contribution in [0, 0.1) is 0 Å². The maximum Gasteiger partial charge on any atom is 0.166 e. The number of para-hydroxylation sites is 1. The molecular weight excluding hydrogens is 364 g/mol. The first kappa shape index (κ1) is 16.9. The predicted molar refractivity (Wildman–Crippen MR) is 112 cm³/mol. The molecule has 29 heavy (non-hydrogen) atoms. The van der Waals surface area contributed by atoms with Crippen LogP contribution >= 0.6 is 0 Å². The summed E-state index contributed by atoms with van der Waals surface area (Å²) in [6.07, 6.45) is 3.14. The average Bonchev–Trinajstić information content (AvgIpc) is 3.21. The van der Waals surface area contributed by atoms with Crippen molar-refractivity contribution in [2.75, 3.05) is 0 Å². The second kappa shape index (κ2) is 6.72. The Morgan fingerprint density at radius 3 is 2.52 bits per heavy atom. The van der Waals surface area contributed by atoms with Gasteiger partial charge in [-0.25, -0.2) is 14.6 Å². The van der Waals surface area contributed by atoms with Gasteiger partial charge in [0, 0.05) is 0 Å². The molecule has 0 spiro atoms. The highest BCUT2D eigenvalue weighted by atomic mass is 16.3. The molecule has 5 aromatic rings. The minimum Gasteiger partial charge on any atom is -0.507 e. The molecule has 2 heterocycles. The number of aromatic hydroxyl groups is 1. The summed E-state index contributed by atoms with van der Waals surface area (Å²) in [6, 6.07) is 20.9. The topological polar surface area (TPSA) is 102 Å². The number of phenols is 1. The SMILES string of the molecule is N/N=C(\c1c(O)ccc2ccccc12)c1ncnc2c1cnn2-c1ccccc1. The fourth-order valence-electron chi connectivity index (χ4n) is 3.54. The zero-order chi connectivity index (χ0) is 19.8. The molecule has 7 heteroatoms. The largest absolute Gasteiger partial charge is 0.507 e. The minimum atomic E-state index is 0.0788. The van der Waals surface area contributed by atoms with Gasteiger partial charge in [-0.3, -0.25) is 0 Å². The molecule has 3 aromatic carbocycles. The van der Waals surface area contributed by atoms with E-state index in [2.05, 4.69) is 20.2 Å². The molecular formula is C22H16N6O. The van der Waals surface area contributed by atoms with Gasteiger partial charge in [0.1, 0.15) is 23.5 Å². The average molecular weight is 380 g/mol. The molecule has 140 valence electrons. The first-order valence-corrected chi connectivity index (χ1v) is 9.01. The van der Waals surface area contributed by atoms with Crippen molar-refractivity contribution in [3.8, 4) is 11.4 Å². The summed E-state index contributed by atoms with van der Waals surface area (Å²) in [5, 5.41) is 21.6. The molecule has 0 saturated heterocycles. The summed E-state index contributed by atoms with van der Waals surface area (Å²) in [4.78, 5) is 8.83. The second-order valence-electron chi connectivity index (χ2n) is 6.51. The van der Waals surface area contributed by atoms with Gasteiger partial charge in [-0.15, -0.1) is 0 Å². The number of rotatable bonds is 3. The van der Waals surface area contributed by atoms with E-state index in [9.17, 15) is 5.11 Å². The van der Waals surface area contributed by atoms with E-state index in [-0.39, 0.29) is 5.75 Å². The number of fused-ring (bicyclic) bond motifs is 2. The van der Waals surface area contributed by atoms with Crippen molar-refractivity contribution in [1.82, 2.24) is 19.7 Å². The van der Waals surface area contributed by atoms with Crippen LogP contribution in [-0.4, -0.2) is 30.6 Å². The molecule has 0 amide bonds. The van der Waals surface area contributed by atoms with Crippen molar-refractivity contribution < 1.29 is 5.11 Å². The molecule has 0 bridgehead atoms. The number of aromatic nitrogens is 4. The van der Waals surface area contributed by atoms with Crippen LogP contribution in [0.5, 0.6) is 5.75 Å². The third kappa shape index (κ3) is 2.68. The van der Waals surface area contributed by atoms with Gasteiger partial charge >= 0.3 is 0 Å². The number of phenolic OH excluding ortho intramolecular Hbond substituents is 1. The van der Waals surface area contributed by atoms with Crippen LogP contribution < -0.4 is 5.84 Å². The Balaban J connectivity index is 1.76. The van der Waals surface area contributed by atoms with Gasteiger partial charge < -0.3 is 10.9 Å². The summed E-state index contributed by atoms with van der Waals surface area (Å²) in [5.41, 5.74) is 2.91. The van der Waals surface area contributed by atoms with E-state index in [4.69, 9.17) is 5.84 Å². The first-order chi connectivity index (χ1) is 14.3. The highest BCUT2D eigenvalue weighted by molar-refractivity contribution is 6.23. The Labute approximate surface area is 165 Å². The predicted octanol–water partition coefficient (Wildman–Crippen LogP) is 3.39. The highest BCUT2D eigenvalue weighted by Crippen LogP contribution is 2.31. The number of hydrazone groups is 1. The van der Waals surface area contributed by atoms with Crippen molar-refractivity contribution in [1.29, 1.82) is 0 Å². The van der Waals surface area contributed by atoms with Gasteiger partial charge in [0.15, 0.2) is 5.65 Å². The summed E-state index contributed by atoms with van der Waals surface area (Å²) < 4.78 is 1.73. The van der Waals surface area contributed by atoms with E-state index in [1.807, 2.05) is 60.7 Å². The quantitative estimate of drug-likeness (QED) is 0.284. The van der Waals surface area contributed by atoms with E-state index in [1.54, 1.807) is 16.9 Å². The van der Waals surface area contributed by atoms with Crippen molar-refractivity contribution in [2.45, 2.75) is 0 Å². The Kier molecular flexibility index (Phi) is 3.91. The summed E-state index contributed by atoms with van der Waals surface area (Å²) in [7, 11) is 0. The van der Waals surface area contributed by atoms with Crippen LogP contribution in [0.15, 0.2) is 84.4 Å². The molecule has 0 atom stereocenters. The minimum absolute atomic E-state index is 0.0788. The first-order valence-electron chi connectivity index (χ1n) is 9.01.